The van der Waals surface area contributed by atoms with Gasteiger partial charge in [-0.1, -0.05) is 0 Å². The lowest BCUT2D eigenvalue weighted by molar-refractivity contribution is -0.126. The third kappa shape index (κ3) is 3.74. The van der Waals surface area contributed by atoms with Crippen LogP contribution in [0.4, 0.5) is 4.79 Å². The largest absolute Gasteiger partial charge is 0.352 e. The zero-order chi connectivity index (χ0) is 15.4. The fraction of sp³-hybridized carbons (Fsp3) is 0.643. The normalized spacial score (nSPS) is 15.9. The summed E-state index contributed by atoms with van der Waals surface area (Å²) in [5.74, 6) is 0.0518. The molecular formula is C14H23N5O2. The number of aryl methyl sites for hydroxylation is 1. The first kappa shape index (κ1) is 15.3. The van der Waals surface area contributed by atoms with E-state index in [9.17, 15) is 9.59 Å². The van der Waals surface area contributed by atoms with Crippen molar-refractivity contribution in [1.29, 1.82) is 0 Å². The number of urea groups is 1. The second-order valence-corrected chi connectivity index (χ2v) is 5.68. The van der Waals surface area contributed by atoms with Crippen LogP contribution in [0.3, 0.4) is 0 Å². The van der Waals surface area contributed by atoms with Gasteiger partial charge in [-0.3, -0.25) is 9.89 Å². The smallest absolute Gasteiger partial charge is 0.319 e. The number of aromatic amines is 1. The van der Waals surface area contributed by atoms with Crippen molar-refractivity contribution in [1.82, 2.24) is 25.3 Å². The molecular weight excluding hydrogens is 270 g/mol. The number of nitrogens with one attached hydrogen (secondary N) is 2. The molecule has 1 aliphatic rings. The summed E-state index contributed by atoms with van der Waals surface area (Å²) >= 11 is 0. The van der Waals surface area contributed by atoms with Gasteiger partial charge in [-0.05, 0) is 19.8 Å². The molecule has 1 aromatic rings. The third-order valence-corrected chi connectivity index (χ3v) is 3.91. The molecule has 7 nitrogen and oxygen atoms in total. The number of carbonyl (C=O) groups excluding carboxylic acids is 2. The Balaban J connectivity index is 1.78. The Hall–Kier alpha value is -2.05. The van der Waals surface area contributed by atoms with Crippen LogP contribution in [0.5, 0.6) is 0 Å². The Morgan fingerprint density at radius 3 is 2.62 bits per heavy atom. The van der Waals surface area contributed by atoms with E-state index >= 15 is 0 Å². The summed E-state index contributed by atoms with van der Waals surface area (Å²) in [6.07, 6.45) is 3.17. The Kier molecular flexibility index (Phi) is 4.82. The summed E-state index contributed by atoms with van der Waals surface area (Å²) in [5, 5.41) is 9.73. The van der Waals surface area contributed by atoms with Crippen LogP contribution in [-0.4, -0.2) is 59.1 Å². The third-order valence-electron chi connectivity index (χ3n) is 3.91. The van der Waals surface area contributed by atoms with E-state index in [-0.39, 0.29) is 17.9 Å². The van der Waals surface area contributed by atoms with Gasteiger partial charge in [0.1, 0.15) is 0 Å². The summed E-state index contributed by atoms with van der Waals surface area (Å²) in [7, 11) is 3.49. The van der Waals surface area contributed by atoms with E-state index in [0.29, 0.717) is 19.6 Å². The van der Waals surface area contributed by atoms with Crippen LogP contribution in [0.25, 0.3) is 0 Å². The SMILES string of the molecule is Cc1[nH]ncc1CNC(=O)C1CCN(C(=O)N(C)C)CC1. The number of amides is 3. The maximum absolute atomic E-state index is 12.2. The lowest BCUT2D eigenvalue weighted by Gasteiger charge is -2.33. The number of H-pyrrole nitrogens is 1. The van der Waals surface area contributed by atoms with Gasteiger partial charge in [-0.15, -0.1) is 0 Å². The molecule has 116 valence electrons. The summed E-state index contributed by atoms with van der Waals surface area (Å²) in [4.78, 5) is 27.4. The topological polar surface area (TPSA) is 81.3 Å². The highest BCUT2D eigenvalue weighted by molar-refractivity contribution is 5.79. The predicted molar refractivity (Wildman–Crippen MR) is 78.6 cm³/mol. The van der Waals surface area contributed by atoms with Crippen LogP contribution in [-0.2, 0) is 11.3 Å². The fourth-order valence-corrected chi connectivity index (χ4v) is 2.50. The highest BCUT2D eigenvalue weighted by Crippen LogP contribution is 2.18. The summed E-state index contributed by atoms with van der Waals surface area (Å²) in [6, 6.07) is 0.0166. The molecule has 0 aliphatic carbocycles. The molecule has 0 aromatic carbocycles. The zero-order valence-corrected chi connectivity index (χ0v) is 12.8. The van der Waals surface area contributed by atoms with Gasteiger partial charge >= 0.3 is 6.03 Å². The molecule has 2 heterocycles. The van der Waals surface area contributed by atoms with Crippen molar-refractivity contribution < 1.29 is 9.59 Å². The van der Waals surface area contributed by atoms with Crippen molar-refractivity contribution in [3.8, 4) is 0 Å². The maximum Gasteiger partial charge on any atom is 0.319 e. The van der Waals surface area contributed by atoms with Gasteiger partial charge in [0, 0.05) is 50.9 Å². The van der Waals surface area contributed by atoms with Crippen molar-refractivity contribution in [3.05, 3.63) is 17.5 Å². The Morgan fingerprint density at radius 1 is 1.43 bits per heavy atom. The second-order valence-electron chi connectivity index (χ2n) is 5.68. The molecule has 1 saturated heterocycles. The van der Waals surface area contributed by atoms with Gasteiger partial charge in [0.2, 0.25) is 5.91 Å². The second kappa shape index (κ2) is 6.60. The Morgan fingerprint density at radius 2 is 2.10 bits per heavy atom. The number of carbonyl (C=O) groups is 2. The van der Waals surface area contributed by atoms with Crippen LogP contribution in [0.2, 0.25) is 0 Å². The van der Waals surface area contributed by atoms with Crippen LogP contribution in [0.15, 0.2) is 6.20 Å². The van der Waals surface area contributed by atoms with E-state index < -0.39 is 0 Å². The average Bonchev–Trinajstić information content (AvgIpc) is 2.89. The molecule has 2 N–H and O–H groups in total. The molecule has 0 saturated carbocycles. The molecule has 2 rings (SSSR count). The first-order chi connectivity index (χ1) is 9.99. The quantitative estimate of drug-likeness (QED) is 0.862. The highest BCUT2D eigenvalue weighted by Gasteiger charge is 2.27. The van der Waals surface area contributed by atoms with Crippen LogP contribution in [0, 0.1) is 12.8 Å². The summed E-state index contributed by atoms with van der Waals surface area (Å²) < 4.78 is 0. The Labute approximate surface area is 124 Å². The van der Waals surface area contributed by atoms with E-state index in [4.69, 9.17) is 0 Å². The summed E-state index contributed by atoms with van der Waals surface area (Å²) in [6.45, 7) is 3.71. The lowest BCUT2D eigenvalue weighted by atomic mass is 9.96. The average molecular weight is 293 g/mol. The molecule has 0 radical (unpaired) electrons. The van der Waals surface area contributed by atoms with Crippen LogP contribution < -0.4 is 5.32 Å². The molecule has 0 spiro atoms. The first-order valence-electron chi connectivity index (χ1n) is 7.22. The van der Waals surface area contributed by atoms with Gasteiger partial charge in [-0.2, -0.15) is 5.10 Å². The van der Waals surface area contributed by atoms with Crippen molar-refractivity contribution >= 4 is 11.9 Å². The molecule has 21 heavy (non-hydrogen) atoms. The minimum Gasteiger partial charge on any atom is -0.352 e. The van der Waals surface area contributed by atoms with Crippen molar-refractivity contribution in [2.75, 3.05) is 27.2 Å². The van der Waals surface area contributed by atoms with Gasteiger partial charge in [-0.25, -0.2) is 4.79 Å². The molecule has 7 heteroatoms. The van der Waals surface area contributed by atoms with Crippen molar-refractivity contribution in [2.24, 2.45) is 5.92 Å². The standard InChI is InChI=1S/C14H23N5O2/c1-10-12(9-16-17-10)8-15-13(20)11-4-6-19(7-5-11)14(21)18(2)3/h9,11H,4-8H2,1-3H3,(H,15,20)(H,16,17). The maximum atomic E-state index is 12.2. The van der Waals surface area contributed by atoms with E-state index in [1.807, 2.05) is 6.92 Å². The number of aromatic nitrogens is 2. The van der Waals surface area contributed by atoms with Gasteiger partial charge in [0.25, 0.3) is 0 Å². The minimum atomic E-state index is -0.0107. The molecule has 1 aromatic heterocycles. The number of rotatable bonds is 3. The summed E-state index contributed by atoms with van der Waals surface area (Å²) in [5.41, 5.74) is 1.98. The van der Waals surface area contributed by atoms with Crippen molar-refractivity contribution in [2.45, 2.75) is 26.3 Å². The number of nitrogens with zero attached hydrogens (tertiary/aromatic N) is 3. The fourth-order valence-electron chi connectivity index (χ4n) is 2.50. The van der Waals surface area contributed by atoms with Gasteiger partial charge < -0.3 is 15.1 Å². The lowest BCUT2D eigenvalue weighted by Crippen LogP contribution is -2.46. The number of likely N-dealkylation sites (tertiary alicyclic amines) is 1. The van der Waals surface area contributed by atoms with Gasteiger partial charge in [0.15, 0.2) is 0 Å². The zero-order valence-electron chi connectivity index (χ0n) is 12.8. The molecule has 0 atom stereocenters. The predicted octanol–water partition coefficient (Wildman–Crippen LogP) is 0.728. The number of hydrogen-bond donors (Lipinski definition) is 2. The van der Waals surface area contributed by atoms with E-state index in [1.54, 1.807) is 30.1 Å². The molecule has 0 unspecified atom stereocenters. The van der Waals surface area contributed by atoms with Crippen LogP contribution in [0.1, 0.15) is 24.1 Å². The van der Waals surface area contributed by atoms with Gasteiger partial charge in [0.05, 0.1) is 6.20 Å². The van der Waals surface area contributed by atoms with E-state index in [0.717, 1.165) is 24.1 Å². The molecule has 1 aliphatic heterocycles. The molecule has 0 bridgehead atoms. The molecule has 3 amide bonds. The highest BCUT2D eigenvalue weighted by atomic mass is 16.2. The van der Waals surface area contributed by atoms with Crippen LogP contribution >= 0.6 is 0 Å². The first-order valence-corrected chi connectivity index (χ1v) is 7.22. The minimum absolute atomic E-state index is 0.0107. The Bertz CT molecular complexity index is 503. The van der Waals surface area contributed by atoms with Crippen molar-refractivity contribution in [3.63, 3.8) is 0 Å². The monoisotopic (exact) mass is 293 g/mol. The van der Waals surface area contributed by atoms with E-state index in [1.165, 1.54) is 0 Å². The number of piperidine rings is 1. The number of hydrogen-bond acceptors (Lipinski definition) is 3. The molecule has 1 fully saturated rings. The van der Waals surface area contributed by atoms with E-state index in [2.05, 4.69) is 15.5 Å².